The number of nitrogens with zero attached hydrogens (tertiary/aromatic N) is 6. The molecule has 13 nitrogen and oxygen atoms in total. The first kappa shape index (κ1) is 25.4. The van der Waals surface area contributed by atoms with Gasteiger partial charge in [0, 0.05) is 29.7 Å². The maximum Gasteiger partial charge on any atom is 0.352 e. The van der Waals surface area contributed by atoms with Gasteiger partial charge in [-0.2, -0.15) is 0 Å². The maximum absolute atomic E-state index is 13.0. The Labute approximate surface area is 213 Å². The van der Waals surface area contributed by atoms with Crippen LogP contribution in [0.25, 0.3) is 0 Å². The van der Waals surface area contributed by atoms with Crippen LogP contribution in [-0.2, 0) is 31.0 Å². The number of carbonyl (C=O) groups excluding carboxylic acids is 2. The van der Waals surface area contributed by atoms with Gasteiger partial charge < -0.3 is 20.0 Å². The lowest BCUT2D eigenvalue weighted by atomic mass is 10.0. The lowest BCUT2D eigenvalue weighted by molar-refractivity contribution is -0.150. The summed E-state index contributed by atoms with van der Waals surface area (Å²) < 4.78 is 7.04. The number of fused-ring (bicyclic) bond motifs is 1. The summed E-state index contributed by atoms with van der Waals surface area (Å²) in [5, 5.41) is 29.3. The van der Waals surface area contributed by atoms with Crippen LogP contribution in [-0.4, -0.2) is 95.6 Å². The molecule has 3 aliphatic heterocycles. The Kier molecular flexibility index (Phi) is 8.22. The molecular formula is C19H23N7O6S3. The quantitative estimate of drug-likeness (QED) is 0.138. The first-order valence-electron chi connectivity index (χ1n) is 10.6. The number of aryl methyl sites for hydroxylation is 1. The second-order valence-corrected chi connectivity index (χ2v) is 10.5. The van der Waals surface area contributed by atoms with Crippen molar-refractivity contribution in [1.82, 2.24) is 30.4 Å². The van der Waals surface area contributed by atoms with Gasteiger partial charge in [-0.25, -0.2) is 9.48 Å². The van der Waals surface area contributed by atoms with Crippen molar-refractivity contribution in [2.45, 2.75) is 29.9 Å². The average Bonchev–Trinajstić information content (AvgIpc) is 3.28. The van der Waals surface area contributed by atoms with Gasteiger partial charge in [0.25, 0.3) is 11.8 Å². The molecule has 0 radical (unpaired) electrons. The molecule has 2 amide bonds. The highest BCUT2D eigenvalue weighted by Gasteiger charge is 2.54. The molecule has 0 saturated carbocycles. The third-order valence-corrected chi connectivity index (χ3v) is 8.26. The third-order valence-electron chi connectivity index (χ3n) is 5.04. The minimum atomic E-state index is -1.20. The number of thioether (sulfide) groups is 3. The second-order valence-electron chi connectivity index (χ2n) is 7.47. The van der Waals surface area contributed by atoms with Crippen LogP contribution >= 0.6 is 35.3 Å². The molecule has 16 heteroatoms. The highest BCUT2D eigenvalue weighted by molar-refractivity contribution is 8.02. The van der Waals surface area contributed by atoms with Crippen molar-refractivity contribution >= 4 is 58.8 Å². The van der Waals surface area contributed by atoms with Gasteiger partial charge in [0.2, 0.25) is 10.9 Å². The number of rotatable bonds is 10. The molecular weight excluding hydrogens is 518 g/mol. The number of nitrogens with one attached hydrogen (secondary N) is 1. The van der Waals surface area contributed by atoms with Crippen LogP contribution < -0.4 is 5.32 Å². The molecule has 0 spiro atoms. The number of hydrogen-bond acceptors (Lipinski definition) is 12. The van der Waals surface area contributed by atoms with Crippen molar-refractivity contribution < 1.29 is 29.1 Å². The fourth-order valence-corrected chi connectivity index (χ4v) is 6.35. The van der Waals surface area contributed by atoms with Gasteiger partial charge in [0.05, 0.1) is 6.61 Å². The number of aliphatic carboxylic acids is 1. The van der Waals surface area contributed by atoms with E-state index in [0.29, 0.717) is 41.9 Å². The SMILES string of the molecule is CCCO/N=C(/C(=O)NC1C(=O)N2C(C(=O)O)=C(CSc3nnnn3C)CSC12)C1=CSCCO1. The number of carbonyl (C=O) groups is 3. The Balaban J connectivity index is 1.47. The normalized spacial score (nSPS) is 22.1. The number of carboxylic acids is 1. The van der Waals surface area contributed by atoms with E-state index >= 15 is 0 Å². The van der Waals surface area contributed by atoms with Crippen LogP contribution in [0.4, 0.5) is 0 Å². The highest BCUT2D eigenvalue weighted by atomic mass is 32.2. The van der Waals surface area contributed by atoms with Crippen molar-refractivity contribution in [2.24, 2.45) is 12.2 Å². The molecule has 2 unspecified atom stereocenters. The summed E-state index contributed by atoms with van der Waals surface area (Å²) >= 11 is 4.15. The number of carboxylic acid groups (broad SMARTS) is 1. The van der Waals surface area contributed by atoms with Crippen LogP contribution in [0, 0.1) is 0 Å². The van der Waals surface area contributed by atoms with Gasteiger partial charge in [0.15, 0.2) is 5.76 Å². The summed E-state index contributed by atoms with van der Waals surface area (Å²) in [6.07, 6.45) is 0.708. The predicted octanol–water partition coefficient (Wildman–Crippen LogP) is 0.428. The highest BCUT2D eigenvalue weighted by Crippen LogP contribution is 2.41. The lowest BCUT2D eigenvalue weighted by Gasteiger charge is -2.49. The van der Waals surface area contributed by atoms with Crippen molar-refractivity contribution in [3.8, 4) is 0 Å². The molecule has 1 aromatic heterocycles. The van der Waals surface area contributed by atoms with Crippen LogP contribution in [0.3, 0.4) is 0 Å². The van der Waals surface area contributed by atoms with E-state index in [1.54, 1.807) is 12.5 Å². The molecule has 0 aromatic carbocycles. The van der Waals surface area contributed by atoms with Crippen LogP contribution in [0.1, 0.15) is 13.3 Å². The van der Waals surface area contributed by atoms with Gasteiger partial charge in [-0.05, 0) is 22.4 Å². The monoisotopic (exact) mass is 541 g/mol. The first-order valence-corrected chi connectivity index (χ1v) is 13.7. The maximum atomic E-state index is 13.0. The summed E-state index contributed by atoms with van der Waals surface area (Å²) in [5.41, 5.74) is 0.459. The van der Waals surface area contributed by atoms with Crippen molar-refractivity contribution in [3.05, 3.63) is 22.4 Å². The van der Waals surface area contributed by atoms with Gasteiger partial charge in [-0.1, -0.05) is 23.8 Å². The largest absolute Gasteiger partial charge is 0.490 e. The van der Waals surface area contributed by atoms with E-state index in [1.165, 1.54) is 44.9 Å². The summed E-state index contributed by atoms with van der Waals surface area (Å²) in [7, 11) is 1.69. The van der Waals surface area contributed by atoms with Crippen molar-refractivity contribution in [1.29, 1.82) is 0 Å². The topological polar surface area (TPSA) is 161 Å². The standard InChI is InChI=1S/C19H23N7O6S3/c1-3-4-32-22-12(11-9-33-6-5-31-11)15(27)20-13-16(28)26-14(18(29)30)10(7-34-17(13)26)8-35-19-21-23-24-25(19)2/h9,13,17H,3-8H2,1-2H3,(H,20,27)(H,29,30)/b22-12+. The van der Waals surface area contributed by atoms with E-state index < -0.39 is 29.2 Å². The third kappa shape index (κ3) is 5.43. The van der Waals surface area contributed by atoms with Gasteiger partial charge >= 0.3 is 5.97 Å². The molecule has 4 rings (SSSR count). The summed E-state index contributed by atoms with van der Waals surface area (Å²) in [6, 6.07) is -0.896. The zero-order chi connectivity index (χ0) is 24.9. The van der Waals surface area contributed by atoms with E-state index in [2.05, 4.69) is 26.0 Å². The number of tetrazole rings is 1. The average molecular weight is 542 g/mol. The minimum absolute atomic E-state index is 0.0546. The summed E-state index contributed by atoms with van der Waals surface area (Å²) in [5.74, 6) is -0.604. The summed E-state index contributed by atoms with van der Waals surface area (Å²) in [6.45, 7) is 2.65. The predicted molar refractivity (Wildman–Crippen MR) is 129 cm³/mol. The molecule has 4 heterocycles. The van der Waals surface area contributed by atoms with E-state index in [4.69, 9.17) is 9.57 Å². The second kappa shape index (κ2) is 11.3. The van der Waals surface area contributed by atoms with Gasteiger partial charge in [-0.3, -0.25) is 14.5 Å². The lowest BCUT2D eigenvalue weighted by Crippen LogP contribution is -2.71. The fourth-order valence-electron chi connectivity index (χ4n) is 3.39. The number of amides is 2. The van der Waals surface area contributed by atoms with E-state index in [1.807, 2.05) is 6.92 Å². The van der Waals surface area contributed by atoms with Crippen LogP contribution in [0.2, 0.25) is 0 Å². The Hall–Kier alpha value is -2.72. The zero-order valence-electron chi connectivity index (χ0n) is 18.9. The Morgan fingerprint density at radius 1 is 1.46 bits per heavy atom. The number of hydrogen-bond donors (Lipinski definition) is 2. The Bertz CT molecular complexity index is 1100. The van der Waals surface area contributed by atoms with Crippen molar-refractivity contribution in [2.75, 3.05) is 30.5 Å². The summed E-state index contributed by atoms with van der Waals surface area (Å²) in [4.78, 5) is 44.5. The van der Waals surface area contributed by atoms with E-state index in [-0.39, 0.29) is 17.2 Å². The molecule has 1 saturated heterocycles. The first-order chi connectivity index (χ1) is 16.9. The number of oxime groups is 1. The number of ether oxygens (including phenoxy) is 1. The Morgan fingerprint density at radius 3 is 2.94 bits per heavy atom. The minimum Gasteiger partial charge on any atom is -0.490 e. The molecule has 3 aliphatic rings. The van der Waals surface area contributed by atoms with Crippen molar-refractivity contribution in [3.63, 3.8) is 0 Å². The van der Waals surface area contributed by atoms with Crippen LogP contribution in [0.5, 0.6) is 0 Å². The Morgan fingerprint density at radius 2 is 2.29 bits per heavy atom. The molecule has 2 atom stereocenters. The van der Waals surface area contributed by atoms with Gasteiger partial charge in [0.1, 0.15) is 23.7 Å². The molecule has 1 aromatic rings. The van der Waals surface area contributed by atoms with E-state index in [9.17, 15) is 19.5 Å². The smallest absolute Gasteiger partial charge is 0.352 e. The molecule has 188 valence electrons. The molecule has 1 fully saturated rings. The molecule has 0 bridgehead atoms. The number of β-lactam (4-membered cyclic amide) rings is 1. The molecule has 2 N–H and O–H groups in total. The van der Waals surface area contributed by atoms with Crippen LogP contribution in [0.15, 0.2) is 32.7 Å². The fraction of sp³-hybridized carbons (Fsp3) is 0.526. The molecule has 0 aliphatic carbocycles. The molecule has 35 heavy (non-hydrogen) atoms. The van der Waals surface area contributed by atoms with E-state index in [0.717, 1.165) is 5.75 Å². The number of aromatic nitrogens is 4. The zero-order valence-corrected chi connectivity index (χ0v) is 21.3. The van der Waals surface area contributed by atoms with Gasteiger partial charge in [-0.15, -0.1) is 28.6 Å².